The van der Waals surface area contributed by atoms with Crippen molar-refractivity contribution in [3.63, 3.8) is 0 Å². The smallest absolute Gasteiger partial charge is 0.309 e. The van der Waals surface area contributed by atoms with Crippen LogP contribution in [0, 0.1) is 11.3 Å². The minimum atomic E-state index is -2.54. The topological polar surface area (TPSA) is 28.7 Å². The number of hydrogen-bond donors (Lipinski definition) is 0. The molecule has 0 atom stereocenters. The molecular weight excluding hydrogens is 445 g/mol. The number of nitriles is 1. The van der Waals surface area contributed by atoms with Crippen molar-refractivity contribution in [3.8, 4) is 11.8 Å². The molecule has 2 nitrogen and oxygen atoms in total. The summed E-state index contributed by atoms with van der Waals surface area (Å²) in [7, 11) is 0. The lowest BCUT2D eigenvalue weighted by Crippen LogP contribution is -1.95. The van der Waals surface area contributed by atoms with Crippen molar-refractivity contribution in [2.75, 3.05) is 0 Å². The molecule has 9 heteroatoms. The molecule has 0 spiro atoms. The molecule has 0 amide bonds. The Kier molecular flexibility index (Phi) is 5.40. The predicted octanol–water partition coefficient (Wildman–Crippen LogP) is 6.57. The first-order valence-electron chi connectivity index (χ1n) is 5.24. The van der Waals surface area contributed by atoms with Gasteiger partial charge in [-0.1, -0.05) is 62.3 Å². The van der Waals surface area contributed by atoms with Gasteiger partial charge in [0.15, 0.2) is 0 Å². The Labute approximate surface area is 152 Å². The molecule has 0 saturated heterocycles. The van der Waals surface area contributed by atoms with E-state index in [-0.39, 0.29) is 10.5 Å². The van der Waals surface area contributed by atoms with Crippen LogP contribution in [0.15, 0.2) is 33.9 Å². The number of nitrogens with zero attached hydrogens (tertiary/aromatic N) is 2. The number of aromatic nitrogens is 1. The second-order valence-corrected chi connectivity index (χ2v) is 8.44. The summed E-state index contributed by atoms with van der Waals surface area (Å²) in [6.07, 6.45) is 2.96. The van der Waals surface area contributed by atoms with Crippen molar-refractivity contribution in [2.24, 2.45) is 0 Å². The van der Waals surface area contributed by atoms with Crippen LogP contribution in [0.2, 0.25) is 10.0 Å². The van der Waals surface area contributed by atoms with Crippen molar-refractivity contribution < 1.29 is 4.39 Å². The average Bonchev–Trinajstić information content (AvgIpc) is 2.67. The highest BCUT2D eigenvalue weighted by Crippen LogP contribution is 2.43. The minimum absolute atomic E-state index is 0.207. The summed E-state index contributed by atoms with van der Waals surface area (Å²) in [4.78, 5) is 0.278. The summed E-state index contributed by atoms with van der Waals surface area (Å²) in [6.45, 7) is 0. The first-order valence-corrected chi connectivity index (χ1v) is 8.36. The van der Waals surface area contributed by atoms with Crippen molar-refractivity contribution in [3.05, 3.63) is 44.6 Å². The van der Waals surface area contributed by atoms with Gasteiger partial charge in [0.1, 0.15) is 6.07 Å². The van der Waals surface area contributed by atoms with Gasteiger partial charge in [-0.05, 0) is 23.9 Å². The Morgan fingerprint density at radius 3 is 2.29 bits per heavy atom. The summed E-state index contributed by atoms with van der Waals surface area (Å²) < 4.78 is 13.0. The minimum Gasteiger partial charge on any atom is -0.319 e. The number of alkyl halides is 3. The molecule has 0 fully saturated rings. The zero-order valence-corrected chi connectivity index (χ0v) is 15.3. The molecule has 0 aliphatic rings. The third kappa shape index (κ3) is 4.22. The second kappa shape index (κ2) is 6.57. The summed E-state index contributed by atoms with van der Waals surface area (Å²) in [5, 5.41) is 9.84. The molecule has 2 rings (SSSR count). The van der Waals surface area contributed by atoms with E-state index in [4.69, 9.17) is 51.7 Å². The van der Waals surface area contributed by atoms with Crippen LogP contribution < -0.4 is 0 Å². The molecule has 0 radical (unpaired) electrons. The fraction of sp³-hybridized carbons (Fsp3) is 0.0833. The molecule has 0 unspecified atom stereocenters. The largest absolute Gasteiger partial charge is 0.319 e. The SMILES string of the molecule is N#Cc1cn(-c2c(Cl)cc(Br)cc2Cl)cc1SC(F)(Cl)Cl. The van der Waals surface area contributed by atoms with Gasteiger partial charge in [0.25, 0.3) is 0 Å². The monoisotopic (exact) mass is 446 g/mol. The quantitative estimate of drug-likeness (QED) is 0.392. The lowest BCUT2D eigenvalue weighted by molar-refractivity contribution is 0.516. The Balaban J connectivity index is 2.55. The molecule has 21 heavy (non-hydrogen) atoms. The Hall–Kier alpha value is -0.0900. The molecule has 2 aromatic rings. The van der Waals surface area contributed by atoms with E-state index >= 15 is 0 Å². The van der Waals surface area contributed by atoms with Crippen LogP contribution in [0.3, 0.4) is 0 Å². The van der Waals surface area contributed by atoms with Crippen LogP contribution in [0.25, 0.3) is 5.69 Å². The number of benzene rings is 1. The van der Waals surface area contributed by atoms with E-state index in [2.05, 4.69) is 15.9 Å². The van der Waals surface area contributed by atoms with Gasteiger partial charge in [0.05, 0.1) is 21.3 Å². The van der Waals surface area contributed by atoms with Crippen LogP contribution in [0.1, 0.15) is 5.56 Å². The number of rotatable bonds is 3. The maximum Gasteiger partial charge on any atom is 0.309 e. The molecule has 0 N–H and O–H groups in total. The first-order chi connectivity index (χ1) is 9.71. The van der Waals surface area contributed by atoms with Crippen LogP contribution in [0.4, 0.5) is 4.39 Å². The zero-order chi connectivity index (χ0) is 15.8. The number of halogens is 6. The summed E-state index contributed by atoms with van der Waals surface area (Å²) >= 11 is 26.7. The van der Waals surface area contributed by atoms with Crippen molar-refractivity contribution in [1.82, 2.24) is 4.57 Å². The van der Waals surface area contributed by atoms with E-state index in [0.29, 0.717) is 32.0 Å². The Morgan fingerprint density at radius 2 is 1.81 bits per heavy atom. The normalized spacial score (nSPS) is 11.5. The number of thioether (sulfide) groups is 1. The Bertz CT molecular complexity index is 713. The maximum atomic E-state index is 13.3. The van der Waals surface area contributed by atoms with Crippen LogP contribution in [0.5, 0.6) is 0 Å². The van der Waals surface area contributed by atoms with E-state index in [1.165, 1.54) is 17.0 Å². The van der Waals surface area contributed by atoms with E-state index in [9.17, 15) is 4.39 Å². The molecule has 1 heterocycles. The van der Waals surface area contributed by atoms with Gasteiger partial charge in [-0.2, -0.15) is 9.65 Å². The highest BCUT2D eigenvalue weighted by Gasteiger charge is 2.27. The second-order valence-electron chi connectivity index (χ2n) is 3.82. The van der Waals surface area contributed by atoms with E-state index in [1.807, 2.05) is 6.07 Å². The van der Waals surface area contributed by atoms with Gasteiger partial charge >= 0.3 is 3.92 Å². The third-order valence-electron chi connectivity index (χ3n) is 2.38. The van der Waals surface area contributed by atoms with Gasteiger partial charge in [-0.3, -0.25) is 0 Å². The van der Waals surface area contributed by atoms with Crippen LogP contribution in [-0.4, -0.2) is 8.49 Å². The molecule has 0 bridgehead atoms. The van der Waals surface area contributed by atoms with Gasteiger partial charge in [-0.15, -0.1) is 0 Å². The molecule has 110 valence electrons. The molecule has 1 aromatic carbocycles. The predicted molar refractivity (Wildman–Crippen MR) is 89.6 cm³/mol. The summed E-state index contributed by atoms with van der Waals surface area (Å²) in [5.41, 5.74) is 0.678. The highest BCUT2D eigenvalue weighted by atomic mass is 79.9. The summed E-state index contributed by atoms with van der Waals surface area (Å²) in [5.74, 6) is 0. The fourth-order valence-electron chi connectivity index (χ4n) is 1.64. The molecule has 1 aromatic heterocycles. The number of hydrogen-bond acceptors (Lipinski definition) is 2. The fourth-order valence-corrected chi connectivity index (χ4v) is 4.16. The maximum absolute atomic E-state index is 13.3. The average molecular weight is 449 g/mol. The standard InChI is InChI=1S/C12H4BrCl4FN2S/c13-7-1-8(14)11(9(15)2-7)20-4-6(3-19)10(5-20)21-12(16,17)18/h1-2,4-5H. The van der Waals surface area contributed by atoms with E-state index in [1.54, 1.807) is 12.1 Å². The Morgan fingerprint density at radius 1 is 1.24 bits per heavy atom. The van der Waals surface area contributed by atoms with Gasteiger partial charge < -0.3 is 4.57 Å². The zero-order valence-electron chi connectivity index (χ0n) is 9.88. The molecule has 0 aliphatic carbocycles. The summed E-state index contributed by atoms with van der Waals surface area (Å²) in [6, 6.07) is 5.25. The lowest BCUT2D eigenvalue weighted by atomic mass is 10.3. The van der Waals surface area contributed by atoms with Crippen molar-refractivity contribution in [1.29, 1.82) is 5.26 Å². The highest BCUT2D eigenvalue weighted by molar-refractivity contribution is 9.10. The van der Waals surface area contributed by atoms with Crippen LogP contribution >= 0.6 is 74.1 Å². The molecular formula is C12H4BrCl4FN2S. The first kappa shape index (κ1) is 17.3. The molecule has 0 saturated carbocycles. The van der Waals surface area contributed by atoms with Crippen LogP contribution in [-0.2, 0) is 0 Å². The third-order valence-corrected chi connectivity index (χ3v) is 4.65. The van der Waals surface area contributed by atoms with Gasteiger partial charge in [-0.25, -0.2) is 0 Å². The van der Waals surface area contributed by atoms with Crippen molar-refractivity contribution in [2.45, 2.75) is 8.81 Å². The lowest BCUT2D eigenvalue weighted by Gasteiger charge is -2.09. The van der Waals surface area contributed by atoms with E-state index < -0.39 is 3.92 Å². The van der Waals surface area contributed by atoms with Gasteiger partial charge in [0, 0.05) is 21.8 Å². The van der Waals surface area contributed by atoms with Crippen molar-refractivity contribution >= 4 is 74.1 Å². The molecule has 0 aliphatic heterocycles. The van der Waals surface area contributed by atoms with E-state index in [0.717, 1.165) is 0 Å². The van der Waals surface area contributed by atoms with Gasteiger partial charge in [0.2, 0.25) is 0 Å².